The van der Waals surface area contributed by atoms with E-state index in [1.54, 1.807) is 11.3 Å². The molecular formula is C18H29Cl2N3OS. The molecule has 3 aliphatic rings. The molecule has 2 aliphatic carbocycles. The first kappa shape index (κ1) is 20.9. The third-order valence-corrected chi connectivity index (χ3v) is 7.31. The van der Waals surface area contributed by atoms with Gasteiger partial charge in [0.1, 0.15) is 0 Å². The highest BCUT2D eigenvalue weighted by molar-refractivity contribution is 7.09. The number of halogens is 2. The van der Waals surface area contributed by atoms with Gasteiger partial charge in [-0.05, 0) is 50.4 Å². The summed E-state index contributed by atoms with van der Waals surface area (Å²) in [6.07, 6.45) is 9.86. The van der Waals surface area contributed by atoms with Crippen LogP contribution >= 0.6 is 36.2 Å². The van der Waals surface area contributed by atoms with Gasteiger partial charge >= 0.3 is 0 Å². The minimum absolute atomic E-state index is 0. The van der Waals surface area contributed by atoms with Crippen LogP contribution in [0.25, 0.3) is 0 Å². The molecule has 2 saturated carbocycles. The third-order valence-electron chi connectivity index (χ3n) is 6.37. The lowest BCUT2D eigenvalue weighted by Gasteiger charge is -2.45. The molecule has 2 bridgehead atoms. The number of nitrogens with two attached hydrogens (primary N) is 1. The number of thiazole rings is 1. The molecule has 0 radical (unpaired) electrons. The molecule has 1 saturated heterocycles. The Morgan fingerprint density at radius 3 is 2.32 bits per heavy atom. The Morgan fingerprint density at radius 2 is 1.76 bits per heavy atom. The van der Waals surface area contributed by atoms with E-state index in [-0.39, 0.29) is 30.7 Å². The Bertz CT molecular complexity index is 535. The highest BCUT2D eigenvalue weighted by atomic mass is 35.5. The summed E-state index contributed by atoms with van der Waals surface area (Å²) in [7, 11) is 0. The van der Waals surface area contributed by atoms with Gasteiger partial charge in [0, 0.05) is 42.5 Å². The molecule has 0 spiro atoms. The van der Waals surface area contributed by atoms with Crippen molar-refractivity contribution < 1.29 is 4.79 Å². The van der Waals surface area contributed by atoms with Crippen molar-refractivity contribution in [3.63, 3.8) is 0 Å². The van der Waals surface area contributed by atoms with E-state index >= 15 is 0 Å². The molecule has 1 amide bonds. The second-order valence-corrected chi connectivity index (χ2v) is 8.59. The first-order valence-electron chi connectivity index (χ1n) is 9.16. The number of aromatic nitrogens is 1. The topological polar surface area (TPSA) is 59.2 Å². The predicted octanol–water partition coefficient (Wildman–Crippen LogP) is 3.85. The highest BCUT2D eigenvalue weighted by Crippen LogP contribution is 2.43. The zero-order valence-corrected chi connectivity index (χ0v) is 17.0. The quantitative estimate of drug-likeness (QED) is 0.812. The molecule has 0 aromatic carbocycles. The fraction of sp³-hybridized carbons (Fsp3) is 0.778. The van der Waals surface area contributed by atoms with Crippen LogP contribution in [0.4, 0.5) is 0 Å². The standard InChI is InChI=1S/C18H27N3OS.2ClH/c19-16-13-2-1-3-14(16)11-15(10-13)18(22)21-7-4-12(5-8-21)17-20-6-9-23-17;;/h6,9,12-16H,1-5,7-8,10-11,19H2;2*1H. The van der Waals surface area contributed by atoms with Crippen LogP contribution < -0.4 is 5.73 Å². The summed E-state index contributed by atoms with van der Waals surface area (Å²) in [5.74, 6) is 2.37. The van der Waals surface area contributed by atoms with E-state index in [1.165, 1.54) is 24.3 Å². The summed E-state index contributed by atoms with van der Waals surface area (Å²) in [5, 5.41) is 3.30. The van der Waals surface area contributed by atoms with Gasteiger partial charge in [-0.25, -0.2) is 4.98 Å². The Labute approximate surface area is 166 Å². The fourth-order valence-electron chi connectivity index (χ4n) is 5.03. The maximum atomic E-state index is 13.0. The monoisotopic (exact) mass is 405 g/mol. The summed E-state index contributed by atoms with van der Waals surface area (Å²) in [5.41, 5.74) is 6.37. The SMILES string of the molecule is Cl.Cl.NC1C2CCCC1CC(C(=O)N1CCC(c3nccs3)CC1)C2. The van der Waals surface area contributed by atoms with Gasteiger partial charge in [-0.15, -0.1) is 36.2 Å². The van der Waals surface area contributed by atoms with E-state index in [4.69, 9.17) is 5.73 Å². The Morgan fingerprint density at radius 1 is 1.12 bits per heavy atom. The Hall–Kier alpha value is -0.360. The molecule has 2 heterocycles. The number of fused-ring (bicyclic) bond motifs is 2. The van der Waals surface area contributed by atoms with Gasteiger partial charge in [0.05, 0.1) is 5.01 Å². The van der Waals surface area contributed by atoms with Crippen molar-refractivity contribution in [1.29, 1.82) is 0 Å². The normalized spacial score (nSPS) is 32.4. The van der Waals surface area contributed by atoms with Gasteiger partial charge < -0.3 is 10.6 Å². The van der Waals surface area contributed by atoms with Crippen molar-refractivity contribution in [2.75, 3.05) is 13.1 Å². The van der Waals surface area contributed by atoms with Crippen LogP contribution in [-0.2, 0) is 4.79 Å². The number of amides is 1. The second kappa shape index (κ2) is 9.03. The lowest BCUT2D eigenvalue weighted by Crippen LogP contribution is -2.50. The molecule has 1 aromatic heterocycles. The van der Waals surface area contributed by atoms with Gasteiger partial charge in [-0.1, -0.05) is 6.42 Å². The average Bonchev–Trinajstić information content (AvgIpc) is 3.08. The predicted molar refractivity (Wildman–Crippen MR) is 107 cm³/mol. The lowest BCUT2D eigenvalue weighted by molar-refractivity contribution is -0.139. The van der Waals surface area contributed by atoms with Gasteiger partial charge in [0.25, 0.3) is 0 Å². The van der Waals surface area contributed by atoms with Crippen LogP contribution in [0.5, 0.6) is 0 Å². The zero-order chi connectivity index (χ0) is 15.8. The van der Waals surface area contributed by atoms with E-state index in [1.807, 2.05) is 6.20 Å². The van der Waals surface area contributed by atoms with Crippen LogP contribution in [0, 0.1) is 17.8 Å². The molecular weight excluding hydrogens is 377 g/mol. The van der Waals surface area contributed by atoms with Crippen molar-refractivity contribution in [3.05, 3.63) is 16.6 Å². The molecule has 4 rings (SSSR count). The number of hydrogen-bond donors (Lipinski definition) is 1. The first-order valence-corrected chi connectivity index (χ1v) is 10.0. The van der Waals surface area contributed by atoms with Gasteiger partial charge in [-0.2, -0.15) is 0 Å². The Balaban J connectivity index is 0.00000113. The van der Waals surface area contributed by atoms with Crippen molar-refractivity contribution in [1.82, 2.24) is 9.88 Å². The molecule has 142 valence electrons. The summed E-state index contributed by atoms with van der Waals surface area (Å²) >= 11 is 1.75. The number of carbonyl (C=O) groups is 1. The van der Waals surface area contributed by atoms with Crippen molar-refractivity contribution in [2.45, 2.75) is 56.9 Å². The number of rotatable bonds is 2. The van der Waals surface area contributed by atoms with Crippen molar-refractivity contribution >= 4 is 42.1 Å². The zero-order valence-electron chi connectivity index (χ0n) is 14.5. The van der Waals surface area contributed by atoms with Crippen LogP contribution in [-0.4, -0.2) is 34.9 Å². The van der Waals surface area contributed by atoms with Crippen LogP contribution in [0.15, 0.2) is 11.6 Å². The molecule has 1 aliphatic heterocycles. The molecule has 1 aromatic rings. The summed E-state index contributed by atoms with van der Waals surface area (Å²) in [6, 6.07) is 0.350. The maximum absolute atomic E-state index is 13.0. The number of piperidine rings is 1. The maximum Gasteiger partial charge on any atom is 0.225 e. The molecule has 2 unspecified atom stereocenters. The van der Waals surface area contributed by atoms with Crippen LogP contribution in [0.3, 0.4) is 0 Å². The molecule has 2 atom stereocenters. The van der Waals surface area contributed by atoms with E-state index in [2.05, 4.69) is 15.3 Å². The second-order valence-electron chi connectivity index (χ2n) is 7.67. The van der Waals surface area contributed by atoms with Gasteiger partial charge in [0.15, 0.2) is 0 Å². The fourth-order valence-corrected chi connectivity index (χ4v) is 5.84. The van der Waals surface area contributed by atoms with Gasteiger partial charge in [0.2, 0.25) is 5.91 Å². The number of likely N-dealkylation sites (tertiary alicyclic amines) is 1. The number of nitrogens with zero attached hydrogens (tertiary/aromatic N) is 2. The lowest BCUT2D eigenvalue weighted by atomic mass is 9.65. The smallest absolute Gasteiger partial charge is 0.225 e. The van der Waals surface area contributed by atoms with E-state index in [0.29, 0.717) is 29.7 Å². The molecule has 3 fully saturated rings. The first-order chi connectivity index (χ1) is 11.2. The van der Waals surface area contributed by atoms with Crippen LogP contribution in [0.2, 0.25) is 0 Å². The Kier molecular flexibility index (Phi) is 7.56. The van der Waals surface area contributed by atoms with Crippen LogP contribution in [0.1, 0.15) is 55.9 Å². The molecule has 7 heteroatoms. The van der Waals surface area contributed by atoms with Crippen molar-refractivity contribution in [3.8, 4) is 0 Å². The largest absolute Gasteiger partial charge is 0.342 e. The third kappa shape index (κ3) is 4.32. The minimum Gasteiger partial charge on any atom is -0.342 e. The summed E-state index contributed by atoms with van der Waals surface area (Å²) < 4.78 is 0. The van der Waals surface area contributed by atoms with E-state index in [0.717, 1.165) is 38.8 Å². The number of hydrogen-bond acceptors (Lipinski definition) is 4. The highest BCUT2D eigenvalue weighted by Gasteiger charge is 2.42. The minimum atomic E-state index is 0. The summed E-state index contributed by atoms with van der Waals surface area (Å²) in [4.78, 5) is 19.5. The number of carbonyl (C=O) groups excluding carboxylic acids is 1. The summed E-state index contributed by atoms with van der Waals surface area (Å²) in [6.45, 7) is 1.81. The molecule has 4 nitrogen and oxygen atoms in total. The van der Waals surface area contributed by atoms with Gasteiger partial charge in [-0.3, -0.25) is 4.79 Å². The molecule has 2 N–H and O–H groups in total. The molecule has 25 heavy (non-hydrogen) atoms. The van der Waals surface area contributed by atoms with E-state index < -0.39 is 0 Å². The van der Waals surface area contributed by atoms with Crippen molar-refractivity contribution in [2.24, 2.45) is 23.5 Å². The average molecular weight is 406 g/mol. The van der Waals surface area contributed by atoms with E-state index in [9.17, 15) is 4.79 Å².